The molecule has 0 radical (unpaired) electrons. The largest absolute Gasteiger partial charge is 0.317 e. The SMILES string of the molecule is Cc1ccc(-n2cccc2/C=C2\C(=O)NC(=S)N(c3ccccc3C)C2=O)cc1C. The highest BCUT2D eigenvalue weighted by molar-refractivity contribution is 7.80. The summed E-state index contributed by atoms with van der Waals surface area (Å²) in [5.41, 5.74) is 5.65. The third-order valence-corrected chi connectivity index (χ3v) is 5.58. The number of nitrogens with one attached hydrogen (secondary N) is 1. The standard InChI is InChI=1S/C24H21N3O2S/c1-15-10-11-19(13-17(15)3)26-12-6-8-18(26)14-20-22(28)25-24(30)27(23(20)29)21-9-5-4-7-16(21)2/h4-14H,1-3H3,(H,25,28,30)/b20-14+. The van der Waals surface area contributed by atoms with Crippen LogP contribution >= 0.6 is 12.2 Å². The van der Waals surface area contributed by atoms with Crippen LogP contribution in [0, 0.1) is 20.8 Å². The Bertz CT molecular complexity index is 1220. The normalized spacial score (nSPS) is 15.6. The quantitative estimate of drug-likeness (QED) is 0.396. The summed E-state index contributed by atoms with van der Waals surface area (Å²) in [5, 5.41) is 2.73. The van der Waals surface area contributed by atoms with Crippen molar-refractivity contribution >= 4 is 40.9 Å². The van der Waals surface area contributed by atoms with E-state index >= 15 is 0 Å². The van der Waals surface area contributed by atoms with Crippen LogP contribution in [0.15, 0.2) is 66.4 Å². The molecule has 6 heteroatoms. The maximum atomic E-state index is 13.3. The zero-order valence-electron chi connectivity index (χ0n) is 17.0. The first-order valence-corrected chi connectivity index (χ1v) is 9.99. The highest BCUT2D eigenvalue weighted by atomic mass is 32.1. The number of rotatable bonds is 3. The Morgan fingerprint density at radius 1 is 0.900 bits per heavy atom. The lowest BCUT2D eigenvalue weighted by Gasteiger charge is -2.30. The molecule has 4 rings (SSSR count). The second-order valence-corrected chi connectivity index (χ2v) is 7.70. The molecule has 1 aliphatic rings. The summed E-state index contributed by atoms with van der Waals surface area (Å²) in [4.78, 5) is 27.3. The number of thiocarbonyl (C=S) groups is 1. The first kappa shape index (κ1) is 19.8. The van der Waals surface area contributed by atoms with Gasteiger partial charge in [-0.1, -0.05) is 24.3 Å². The molecule has 1 saturated heterocycles. The van der Waals surface area contributed by atoms with Crippen LogP contribution in [0.3, 0.4) is 0 Å². The molecule has 0 unspecified atom stereocenters. The Morgan fingerprint density at radius 2 is 1.67 bits per heavy atom. The van der Waals surface area contributed by atoms with Crippen molar-refractivity contribution in [3.63, 3.8) is 0 Å². The fourth-order valence-electron chi connectivity index (χ4n) is 3.46. The van der Waals surface area contributed by atoms with Crippen molar-refractivity contribution in [2.75, 3.05) is 4.90 Å². The monoisotopic (exact) mass is 415 g/mol. The topological polar surface area (TPSA) is 54.3 Å². The summed E-state index contributed by atoms with van der Waals surface area (Å²) in [7, 11) is 0. The zero-order valence-corrected chi connectivity index (χ0v) is 17.8. The minimum Gasteiger partial charge on any atom is -0.317 e. The predicted octanol–water partition coefficient (Wildman–Crippen LogP) is 4.23. The lowest BCUT2D eigenvalue weighted by atomic mass is 10.1. The van der Waals surface area contributed by atoms with Crippen molar-refractivity contribution in [2.45, 2.75) is 20.8 Å². The molecule has 2 aromatic carbocycles. The van der Waals surface area contributed by atoms with Gasteiger partial charge < -0.3 is 4.57 Å². The van der Waals surface area contributed by atoms with Crippen LogP contribution in [0.4, 0.5) is 5.69 Å². The molecular formula is C24H21N3O2S. The number of nitrogens with zero attached hydrogens (tertiary/aromatic N) is 2. The molecule has 5 nitrogen and oxygen atoms in total. The van der Waals surface area contributed by atoms with Crippen LogP contribution < -0.4 is 10.2 Å². The van der Waals surface area contributed by atoms with Gasteiger partial charge in [-0.15, -0.1) is 0 Å². The number of aromatic nitrogens is 1. The number of hydrogen-bond donors (Lipinski definition) is 1. The van der Waals surface area contributed by atoms with Crippen molar-refractivity contribution < 1.29 is 9.59 Å². The van der Waals surface area contributed by atoms with Crippen LogP contribution in [0.5, 0.6) is 0 Å². The first-order valence-electron chi connectivity index (χ1n) is 9.59. The molecule has 0 atom stereocenters. The fourth-order valence-corrected chi connectivity index (χ4v) is 3.73. The van der Waals surface area contributed by atoms with E-state index in [1.54, 1.807) is 6.08 Å². The number of amides is 2. The molecule has 1 aromatic heterocycles. The van der Waals surface area contributed by atoms with E-state index in [-0.39, 0.29) is 10.7 Å². The summed E-state index contributed by atoms with van der Waals surface area (Å²) in [6, 6.07) is 17.3. The van der Waals surface area contributed by atoms with E-state index in [0.29, 0.717) is 5.69 Å². The van der Waals surface area contributed by atoms with Gasteiger partial charge in [-0.25, -0.2) is 0 Å². The smallest absolute Gasteiger partial charge is 0.270 e. The Balaban J connectivity index is 1.77. The Labute approximate surface area is 180 Å². The van der Waals surface area contributed by atoms with Gasteiger partial charge in [0, 0.05) is 17.6 Å². The van der Waals surface area contributed by atoms with E-state index in [9.17, 15) is 9.59 Å². The van der Waals surface area contributed by atoms with Crippen LogP contribution in [0.25, 0.3) is 11.8 Å². The first-order chi connectivity index (χ1) is 14.4. The number of anilines is 1. The maximum Gasteiger partial charge on any atom is 0.270 e. The average molecular weight is 416 g/mol. The average Bonchev–Trinajstić information content (AvgIpc) is 3.17. The second kappa shape index (κ2) is 7.72. The number of aryl methyl sites for hydroxylation is 3. The van der Waals surface area contributed by atoms with E-state index < -0.39 is 11.8 Å². The van der Waals surface area contributed by atoms with Gasteiger partial charge in [0.2, 0.25) is 0 Å². The molecule has 2 amide bonds. The number of benzene rings is 2. The minimum absolute atomic E-state index is 0.0376. The van der Waals surface area contributed by atoms with Crippen LogP contribution in [0.1, 0.15) is 22.4 Å². The fraction of sp³-hybridized carbons (Fsp3) is 0.125. The minimum atomic E-state index is -0.498. The van der Waals surface area contributed by atoms with Gasteiger partial charge in [-0.3, -0.25) is 19.8 Å². The molecule has 1 N–H and O–H groups in total. The van der Waals surface area contributed by atoms with E-state index in [0.717, 1.165) is 16.9 Å². The molecule has 0 spiro atoms. The number of carbonyl (C=O) groups excluding carboxylic acids is 2. The van der Waals surface area contributed by atoms with Gasteiger partial charge in [-0.2, -0.15) is 0 Å². The molecule has 0 aliphatic carbocycles. The summed E-state index contributed by atoms with van der Waals surface area (Å²) in [6.45, 7) is 6.02. The third kappa shape index (κ3) is 3.46. The van der Waals surface area contributed by atoms with Gasteiger partial charge in [0.05, 0.1) is 5.69 Å². The molecule has 150 valence electrons. The van der Waals surface area contributed by atoms with Crippen LogP contribution in [-0.2, 0) is 9.59 Å². The van der Waals surface area contributed by atoms with Crippen molar-refractivity contribution in [2.24, 2.45) is 0 Å². The molecule has 0 bridgehead atoms. The summed E-state index contributed by atoms with van der Waals surface area (Å²) in [6.07, 6.45) is 3.52. The zero-order chi connectivity index (χ0) is 21.4. The molecule has 0 saturated carbocycles. The van der Waals surface area contributed by atoms with Gasteiger partial charge >= 0.3 is 0 Å². The molecular weight excluding hydrogens is 394 g/mol. The highest BCUT2D eigenvalue weighted by Crippen LogP contribution is 2.26. The molecule has 1 aliphatic heterocycles. The van der Waals surface area contributed by atoms with Crippen LogP contribution in [0.2, 0.25) is 0 Å². The van der Waals surface area contributed by atoms with Gasteiger partial charge in [0.25, 0.3) is 11.8 Å². The van der Waals surface area contributed by atoms with E-state index in [2.05, 4.69) is 31.3 Å². The van der Waals surface area contributed by atoms with Crippen molar-refractivity contribution in [3.8, 4) is 5.69 Å². The summed E-state index contributed by atoms with van der Waals surface area (Å²) >= 11 is 5.29. The Kier molecular flexibility index (Phi) is 5.10. The van der Waals surface area contributed by atoms with Gasteiger partial charge in [-0.05, 0) is 86.1 Å². The molecule has 30 heavy (non-hydrogen) atoms. The Morgan fingerprint density at radius 3 is 2.40 bits per heavy atom. The molecule has 3 aromatic rings. The third-order valence-electron chi connectivity index (χ3n) is 5.30. The second-order valence-electron chi connectivity index (χ2n) is 7.32. The lowest BCUT2D eigenvalue weighted by molar-refractivity contribution is -0.122. The summed E-state index contributed by atoms with van der Waals surface area (Å²) < 4.78 is 1.95. The molecule has 1 fully saturated rings. The van der Waals surface area contributed by atoms with Crippen LogP contribution in [-0.4, -0.2) is 21.5 Å². The van der Waals surface area contributed by atoms with Crippen molar-refractivity contribution in [1.82, 2.24) is 9.88 Å². The lowest BCUT2D eigenvalue weighted by Crippen LogP contribution is -2.54. The van der Waals surface area contributed by atoms with Gasteiger partial charge in [0.15, 0.2) is 5.11 Å². The van der Waals surface area contributed by atoms with E-state index in [1.807, 2.05) is 60.2 Å². The van der Waals surface area contributed by atoms with Crippen molar-refractivity contribution in [3.05, 3.63) is 88.8 Å². The van der Waals surface area contributed by atoms with E-state index in [4.69, 9.17) is 12.2 Å². The highest BCUT2D eigenvalue weighted by Gasteiger charge is 2.35. The number of hydrogen-bond acceptors (Lipinski definition) is 3. The summed E-state index contributed by atoms with van der Waals surface area (Å²) in [5.74, 6) is -0.937. The predicted molar refractivity (Wildman–Crippen MR) is 123 cm³/mol. The Hall–Kier alpha value is -3.51. The number of carbonyl (C=O) groups is 2. The maximum absolute atomic E-state index is 13.3. The van der Waals surface area contributed by atoms with Gasteiger partial charge in [0.1, 0.15) is 5.57 Å². The van der Waals surface area contributed by atoms with E-state index in [1.165, 1.54) is 16.0 Å². The van der Waals surface area contributed by atoms with Crippen molar-refractivity contribution in [1.29, 1.82) is 0 Å². The number of para-hydroxylation sites is 1. The molecule has 2 heterocycles.